The minimum absolute atomic E-state index is 0.0458. The summed E-state index contributed by atoms with van der Waals surface area (Å²) in [6.45, 7) is 5.45. The van der Waals surface area contributed by atoms with E-state index in [0.29, 0.717) is 23.0 Å². The molecule has 43 heavy (non-hydrogen) atoms. The number of rotatable bonds is 7. The number of pyridine rings is 1. The lowest BCUT2D eigenvalue weighted by Gasteiger charge is -2.46. The summed E-state index contributed by atoms with van der Waals surface area (Å²) in [4.78, 5) is 37.0. The van der Waals surface area contributed by atoms with Crippen molar-refractivity contribution in [3.63, 3.8) is 0 Å². The first-order valence-electron chi connectivity index (χ1n) is 13.9. The van der Waals surface area contributed by atoms with E-state index < -0.39 is 22.0 Å². The Bertz CT molecular complexity index is 1730. The number of nitrogens with zero attached hydrogens (tertiary/aromatic N) is 6. The maximum Gasteiger partial charge on any atom is 0.285 e. The number of fused-ring (bicyclic) bond motifs is 3. The van der Waals surface area contributed by atoms with Gasteiger partial charge in [-0.1, -0.05) is 17.7 Å². The molecule has 13 nitrogen and oxygen atoms in total. The number of nitrogens with one attached hydrogen (secondary N) is 3. The summed E-state index contributed by atoms with van der Waals surface area (Å²) < 4.78 is 27.2. The molecule has 0 saturated carbocycles. The molecule has 5 heterocycles. The van der Waals surface area contributed by atoms with Gasteiger partial charge in [-0.3, -0.25) is 19.2 Å². The van der Waals surface area contributed by atoms with Crippen LogP contribution in [0.3, 0.4) is 0 Å². The summed E-state index contributed by atoms with van der Waals surface area (Å²) in [5.74, 6) is -0.00797. The SMILES string of the molecule is Cc1cc2c(c([C@@H](C)Nc3ccc(Cl)nc3C(=O)NS(C)(=O)=O)c1)NC(N1C[C@@H]3C[C@H]1CN3c1ccn(C)n1)N(C)C2=O. The number of amides is 2. The van der Waals surface area contributed by atoms with E-state index in [1.165, 1.54) is 6.07 Å². The molecule has 2 amide bonds. The van der Waals surface area contributed by atoms with Gasteiger partial charge in [-0.2, -0.15) is 5.10 Å². The first-order chi connectivity index (χ1) is 20.3. The molecular weight excluding hydrogens is 594 g/mol. The summed E-state index contributed by atoms with van der Waals surface area (Å²) in [6.07, 6.45) is 3.49. The highest BCUT2D eigenvalue weighted by Gasteiger charge is 2.49. The van der Waals surface area contributed by atoms with Crippen LogP contribution in [0.2, 0.25) is 5.15 Å². The van der Waals surface area contributed by atoms with E-state index >= 15 is 0 Å². The molecule has 2 bridgehead atoms. The molecule has 15 heteroatoms. The van der Waals surface area contributed by atoms with E-state index in [1.54, 1.807) is 11.0 Å². The highest BCUT2D eigenvalue weighted by Crippen LogP contribution is 2.40. The Morgan fingerprint density at radius 3 is 2.58 bits per heavy atom. The minimum Gasteiger partial charge on any atom is -0.377 e. The van der Waals surface area contributed by atoms with Gasteiger partial charge in [-0.25, -0.2) is 18.1 Å². The fourth-order valence-corrected chi connectivity index (χ4v) is 6.99. The average Bonchev–Trinajstić information content (AvgIpc) is 3.66. The van der Waals surface area contributed by atoms with Crippen LogP contribution in [-0.2, 0) is 17.1 Å². The molecule has 2 saturated heterocycles. The summed E-state index contributed by atoms with van der Waals surface area (Å²) in [5.41, 5.74) is 3.15. The number of piperazine rings is 1. The van der Waals surface area contributed by atoms with Gasteiger partial charge in [0, 0.05) is 51.5 Å². The van der Waals surface area contributed by atoms with Crippen LogP contribution in [0, 0.1) is 6.92 Å². The highest BCUT2D eigenvalue weighted by molar-refractivity contribution is 7.89. The second kappa shape index (κ2) is 10.7. The number of sulfonamides is 1. The first kappa shape index (κ1) is 29.2. The third-order valence-corrected chi connectivity index (χ3v) is 9.05. The first-order valence-corrected chi connectivity index (χ1v) is 16.2. The van der Waals surface area contributed by atoms with Crippen LogP contribution < -0.4 is 20.3 Å². The van der Waals surface area contributed by atoms with Gasteiger partial charge in [0.25, 0.3) is 11.8 Å². The second-order valence-electron chi connectivity index (χ2n) is 11.6. The zero-order chi connectivity index (χ0) is 30.8. The average molecular weight is 628 g/mol. The number of benzene rings is 1. The Labute approximate surface area is 255 Å². The smallest absolute Gasteiger partial charge is 0.285 e. The van der Waals surface area contributed by atoms with Gasteiger partial charge in [0.15, 0.2) is 17.8 Å². The number of hydrogen-bond donors (Lipinski definition) is 3. The highest BCUT2D eigenvalue weighted by atomic mass is 35.5. The molecule has 0 spiro atoms. The Hall–Kier alpha value is -3.88. The molecule has 1 aromatic carbocycles. The molecular formula is C28H34ClN9O4S. The summed E-state index contributed by atoms with van der Waals surface area (Å²) >= 11 is 6.05. The fourth-order valence-electron chi connectivity index (χ4n) is 6.40. The van der Waals surface area contributed by atoms with Crippen molar-refractivity contribution in [3.05, 3.63) is 64.1 Å². The number of aromatic nitrogens is 3. The van der Waals surface area contributed by atoms with E-state index in [2.05, 4.69) is 30.5 Å². The molecule has 2 aromatic heterocycles. The third kappa shape index (κ3) is 5.50. The van der Waals surface area contributed by atoms with E-state index in [9.17, 15) is 18.0 Å². The zero-order valence-electron chi connectivity index (χ0n) is 24.5. The Morgan fingerprint density at radius 2 is 1.93 bits per heavy atom. The van der Waals surface area contributed by atoms with Crippen LogP contribution in [0.4, 0.5) is 17.2 Å². The zero-order valence-corrected chi connectivity index (χ0v) is 26.1. The van der Waals surface area contributed by atoms with E-state index in [4.69, 9.17) is 11.6 Å². The van der Waals surface area contributed by atoms with Crippen LogP contribution in [0.25, 0.3) is 0 Å². The molecule has 3 aliphatic rings. The molecule has 3 aliphatic heterocycles. The van der Waals surface area contributed by atoms with Gasteiger partial charge >= 0.3 is 0 Å². The lowest BCUT2D eigenvalue weighted by Crippen LogP contribution is -2.61. The standard InChI is InChI=1S/C28H34ClN9O4S/c1-15-10-19(16(2)30-21-6-7-22(29)31-25(21)26(39)34-43(5,41)42)24-20(11-15)27(40)36(4)28(32-24)38-14-17-12-18(38)13-37(17)23-8-9-35(3)33-23/h6-11,16-18,28,30,32H,12-14H2,1-5H3,(H,34,39)/t16-,17+,18+,28?/m1/s1. The molecule has 6 rings (SSSR count). The topological polar surface area (TPSA) is 145 Å². The minimum atomic E-state index is -3.82. The number of hydrogen-bond acceptors (Lipinski definition) is 10. The van der Waals surface area contributed by atoms with E-state index in [0.717, 1.165) is 42.7 Å². The largest absolute Gasteiger partial charge is 0.377 e. The van der Waals surface area contributed by atoms with Crippen molar-refractivity contribution >= 4 is 50.6 Å². The second-order valence-corrected chi connectivity index (χ2v) is 13.7. The molecule has 0 aliphatic carbocycles. The van der Waals surface area contributed by atoms with Crippen LogP contribution >= 0.6 is 11.6 Å². The molecule has 4 atom stereocenters. The third-order valence-electron chi connectivity index (χ3n) is 8.29. The van der Waals surface area contributed by atoms with Crippen LogP contribution in [0.5, 0.6) is 0 Å². The van der Waals surface area contributed by atoms with E-state index in [-0.39, 0.29) is 29.1 Å². The lowest BCUT2D eigenvalue weighted by atomic mass is 9.95. The predicted octanol–water partition coefficient (Wildman–Crippen LogP) is 2.38. The summed E-state index contributed by atoms with van der Waals surface area (Å²) in [6, 6.07) is 9.16. The monoisotopic (exact) mass is 627 g/mol. The molecule has 228 valence electrons. The van der Waals surface area contributed by atoms with Crippen molar-refractivity contribution in [2.75, 3.05) is 41.9 Å². The maximum atomic E-state index is 13.8. The van der Waals surface area contributed by atoms with Gasteiger partial charge in [0.1, 0.15) is 5.15 Å². The molecule has 0 radical (unpaired) electrons. The Morgan fingerprint density at radius 1 is 1.16 bits per heavy atom. The molecule has 1 unspecified atom stereocenters. The van der Waals surface area contributed by atoms with Gasteiger partial charge in [-0.05, 0) is 49.6 Å². The fraction of sp³-hybridized carbons (Fsp3) is 0.429. The quantitative estimate of drug-likeness (QED) is 0.334. The predicted molar refractivity (Wildman–Crippen MR) is 164 cm³/mol. The number of carbonyl (C=O) groups excluding carboxylic acids is 2. The van der Waals surface area contributed by atoms with Gasteiger partial charge in [0.05, 0.1) is 29.2 Å². The summed E-state index contributed by atoms with van der Waals surface area (Å²) in [7, 11) is -0.0867. The number of aryl methyl sites for hydroxylation is 2. The van der Waals surface area contributed by atoms with Gasteiger partial charge < -0.3 is 20.4 Å². The molecule has 3 N–H and O–H groups in total. The van der Waals surface area contributed by atoms with Crippen LogP contribution in [0.1, 0.15) is 51.4 Å². The van der Waals surface area contributed by atoms with Crippen LogP contribution in [0.15, 0.2) is 36.5 Å². The van der Waals surface area contributed by atoms with Crippen LogP contribution in [-0.4, -0.2) is 89.6 Å². The van der Waals surface area contributed by atoms with Crippen molar-refractivity contribution in [1.82, 2.24) is 29.3 Å². The van der Waals surface area contributed by atoms with Gasteiger partial charge in [0.2, 0.25) is 10.0 Å². The van der Waals surface area contributed by atoms with Crippen molar-refractivity contribution in [1.29, 1.82) is 0 Å². The lowest BCUT2D eigenvalue weighted by molar-refractivity contribution is 0.0406. The number of anilines is 3. The number of halogens is 1. The maximum absolute atomic E-state index is 13.8. The molecule has 2 fully saturated rings. The Balaban J connectivity index is 1.28. The van der Waals surface area contributed by atoms with Crippen molar-refractivity contribution in [2.45, 2.75) is 44.7 Å². The van der Waals surface area contributed by atoms with Gasteiger partial charge in [-0.15, -0.1) is 0 Å². The van der Waals surface area contributed by atoms with E-state index in [1.807, 2.05) is 61.7 Å². The number of likely N-dealkylation sites (tertiary alicyclic amines) is 1. The Kier molecular flexibility index (Phi) is 7.26. The van der Waals surface area contributed by atoms with Crippen molar-refractivity contribution in [3.8, 4) is 0 Å². The van der Waals surface area contributed by atoms with Crippen molar-refractivity contribution in [2.24, 2.45) is 7.05 Å². The normalized spacial score (nSPS) is 22.4. The number of carbonyl (C=O) groups is 2. The molecule has 3 aromatic rings. The summed E-state index contributed by atoms with van der Waals surface area (Å²) in [5, 5.41) is 11.6. The van der Waals surface area contributed by atoms with Crippen molar-refractivity contribution < 1.29 is 18.0 Å².